The van der Waals surface area contributed by atoms with Gasteiger partial charge >= 0.3 is 0 Å². The van der Waals surface area contributed by atoms with E-state index in [1.54, 1.807) is 4.90 Å². The van der Waals surface area contributed by atoms with E-state index in [9.17, 15) is 4.79 Å². The average molecular weight is 271 g/mol. The van der Waals surface area contributed by atoms with Gasteiger partial charge in [0.2, 0.25) is 5.91 Å². The van der Waals surface area contributed by atoms with Crippen LogP contribution in [0.3, 0.4) is 0 Å². The van der Waals surface area contributed by atoms with E-state index in [0.717, 1.165) is 12.1 Å². The van der Waals surface area contributed by atoms with E-state index in [2.05, 4.69) is 13.8 Å². The maximum Gasteiger partial charge on any atom is 0.224 e. The number of amides is 1. The van der Waals surface area contributed by atoms with Crippen LogP contribution in [0.15, 0.2) is 30.3 Å². The Labute approximate surface area is 116 Å². The van der Waals surface area contributed by atoms with E-state index in [1.807, 2.05) is 37.4 Å². The molecule has 1 aromatic rings. The fraction of sp³-hybridized carbons (Fsp3) is 0.500. The highest BCUT2D eigenvalue weighted by molar-refractivity contribution is 5.85. The number of benzene rings is 1. The number of hydrogen-bond donors (Lipinski definition) is 1. The summed E-state index contributed by atoms with van der Waals surface area (Å²) >= 11 is 0. The summed E-state index contributed by atoms with van der Waals surface area (Å²) in [4.78, 5) is 13.7. The molecule has 0 radical (unpaired) electrons. The van der Waals surface area contributed by atoms with Crippen LogP contribution in [0.5, 0.6) is 0 Å². The summed E-state index contributed by atoms with van der Waals surface area (Å²) in [6, 6.07) is 9.54. The molecule has 4 heteroatoms. The number of hydrogen-bond acceptors (Lipinski definition) is 2. The third kappa shape index (κ3) is 5.52. The Hall–Kier alpha value is -1.06. The first-order valence-corrected chi connectivity index (χ1v) is 6.05. The third-order valence-electron chi connectivity index (χ3n) is 2.69. The molecule has 3 nitrogen and oxygen atoms in total. The fourth-order valence-corrected chi connectivity index (χ4v) is 1.81. The number of rotatable bonds is 5. The molecule has 102 valence electrons. The zero-order chi connectivity index (χ0) is 12.8. The van der Waals surface area contributed by atoms with Crippen molar-refractivity contribution < 1.29 is 4.79 Å². The van der Waals surface area contributed by atoms with E-state index in [0.29, 0.717) is 12.3 Å². The molecule has 0 saturated heterocycles. The van der Waals surface area contributed by atoms with Gasteiger partial charge in [-0.2, -0.15) is 0 Å². The van der Waals surface area contributed by atoms with Crippen molar-refractivity contribution in [2.75, 3.05) is 13.6 Å². The second kappa shape index (κ2) is 8.11. The SMILES string of the molecule is CC(C)CN(C)C(=O)CC(N)c1ccccc1.Cl. The summed E-state index contributed by atoms with van der Waals surface area (Å²) in [7, 11) is 1.83. The van der Waals surface area contributed by atoms with Crippen LogP contribution in [0.4, 0.5) is 0 Å². The predicted molar refractivity (Wildman–Crippen MR) is 77.7 cm³/mol. The Morgan fingerprint density at radius 1 is 1.28 bits per heavy atom. The molecule has 0 spiro atoms. The monoisotopic (exact) mass is 270 g/mol. The Bertz CT molecular complexity index is 354. The first kappa shape index (κ1) is 16.9. The molecule has 0 heterocycles. The molecule has 0 fully saturated rings. The molecule has 0 aromatic heterocycles. The van der Waals surface area contributed by atoms with Crippen LogP contribution in [0, 0.1) is 5.92 Å². The Kier molecular flexibility index (Phi) is 7.64. The van der Waals surface area contributed by atoms with Gasteiger partial charge < -0.3 is 10.6 Å². The van der Waals surface area contributed by atoms with Gasteiger partial charge in [0.05, 0.1) is 0 Å². The van der Waals surface area contributed by atoms with Gasteiger partial charge in [-0.15, -0.1) is 12.4 Å². The van der Waals surface area contributed by atoms with Crippen LogP contribution in [0.1, 0.15) is 31.9 Å². The highest BCUT2D eigenvalue weighted by Crippen LogP contribution is 2.14. The fourth-order valence-electron chi connectivity index (χ4n) is 1.81. The molecule has 1 atom stereocenters. The van der Waals surface area contributed by atoms with Crippen LogP contribution in [-0.4, -0.2) is 24.4 Å². The lowest BCUT2D eigenvalue weighted by Crippen LogP contribution is -2.32. The van der Waals surface area contributed by atoms with Crippen LogP contribution in [0.2, 0.25) is 0 Å². The number of nitrogens with two attached hydrogens (primary N) is 1. The standard InChI is InChI=1S/C14H22N2O.ClH/c1-11(2)10-16(3)14(17)9-13(15)12-7-5-4-6-8-12;/h4-8,11,13H,9-10,15H2,1-3H3;1H. The Morgan fingerprint density at radius 3 is 2.33 bits per heavy atom. The molecule has 1 aromatic carbocycles. The van der Waals surface area contributed by atoms with Crippen LogP contribution < -0.4 is 5.73 Å². The highest BCUT2D eigenvalue weighted by Gasteiger charge is 2.15. The summed E-state index contributed by atoms with van der Waals surface area (Å²) in [5.41, 5.74) is 7.03. The van der Waals surface area contributed by atoms with Crippen molar-refractivity contribution in [1.82, 2.24) is 4.90 Å². The molecule has 0 aliphatic carbocycles. The molecular weight excluding hydrogens is 248 g/mol. The maximum absolute atomic E-state index is 11.9. The highest BCUT2D eigenvalue weighted by atomic mass is 35.5. The zero-order valence-electron chi connectivity index (χ0n) is 11.3. The van der Waals surface area contributed by atoms with Gasteiger partial charge in [0.1, 0.15) is 0 Å². The average Bonchev–Trinajstić information content (AvgIpc) is 2.29. The van der Waals surface area contributed by atoms with Crippen LogP contribution in [0.25, 0.3) is 0 Å². The van der Waals surface area contributed by atoms with Gasteiger partial charge in [0.15, 0.2) is 0 Å². The van der Waals surface area contributed by atoms with E-state index in [4.69, 9.17) is 5.73 Å². The quantitative estimate of drug-likeness (QED) is 0.894. The Morgan fingerprint density at radius 2 is 1.83 bits per heavy atom. The van der Waals surface area contributed by atoms with Gasteiger partial charge in [-0.05, 0) is 11.5 Å². The second-order valence-corrected chi connectivity index (χ2v) is 4.89. The number of halogens is 1. The van der Waals surface area contributed by atoms with Gasteiger partial charge in [-0.25, -0.2) is 0 Å². The van der Waals surface area contributed by atoms with Gasteiger partial charge in [0.25, 0.3) is 0 Å². The minimum atomic E-state index is -0.210. The van der Waals surface area contributed by atoms with Crippen LogP contribution in [-0.2, 0) is 4.79 Å². The lowest BCUT2D eigenvalue weighted by Gasteiger charge is -2.21. The Balaban J connectivity index is 0.00000289. The number of carbonyl (C=O) groups excluding carboxylic acids is 1. The van der Waals surface area contributed by atoms with E-state index < -0.39 is 0 Å². The summed E-state index contributed by atoms with van der Waals surface area (Å²) < 4.78 is 0. The van der Waals surface area contributed by atoms with Crippen molar-refractivity contribution >= 4 is 18.3 Å². The molecule has 1 amide bonds. The topological polar surface area (TPSA) is 46.3 Å². The van der Waals surface area contributed by atoms with E-state index in [-0.39, 0.29) is 24.4 Å². The predicted octanol–water partition coefficient (Wildman–Crippen LogP) is 2.61. The molecule has 0 aliphatic rings. The van der Waals surface area contributed by atoms with Crippen molar-refractivity contribution in [3.63, 3.8) is 0 Å². The van der Waals surface area contributed by atoms with Gasteiger partial charge in [0, 0.05) is 26.1 Å². The second-order valence-electron chi connectivity index (χ2n) is 4.89. The van der Waals surface area contributed by atoms with E-state index in [1.165, 1.54) is 0 Å². The summed E-state index contributed by atoms with van der Waals surface area (Å²) in [6.45, 7) is 4.97. The molecular formula is C14H23ClN2O. The summed E-state index contributed by atoms with van der Waals surface area (Å²) in [5, 5.41) is 0. The summed E-state index contributed by atoms with van der Waals surface area (Å²) in [6.07, 6.45) is 0.368. The molecule has 0 bridgehead atoms. The first-order chi connectivity index (χ1) is 8.00. The zero-order valence-corrected chi connectivity index (χ0v) is 12.1. The lowest BCUT2D eigenvalue weighted by atomic mass is 10.0. The molecule has 0 saturated carbocycles. The smallest absolute Gasteiger partial charge is 0.224 e. The minimum Gasteiger partial charge on any atom is -0.345 e. The van der Waals surface area contributed by atoms with Crippen molar-refractivity contribution in [2.45, 2.75) is 26.3 Å². The van der Waals surface area contributed by atoms with Crippen molar-refractivity contribution in [1.29, 1.82) is 0 Å². The molecule has 1 rings (SSSR count). The van der Waals surface area contributed by atoms with Gasteiger partial charge in [-0.1, -0.05) is 44.2 Å². The maximum atomic E-state index is 11.9. The lowest BCUT2D eigenvalue weighted by molar-refractivity contribution is -0.130. The summed E-state index contributed by atoms with van der Waals surface area (Å²) in [5.74, 6) is 0.590. The third-order valence-corrected chi connectivity index (χ3v) is 2.69. The largest absolute Gasteiger partial charge is 0.345 e. The normalized spacial score (nSPS) is 11.8. The molecule has 0 aliphatic heterocycles. The number of carbonyl (C=O) groups is 1. The molecule has 2 N–H and O–H groups in total. The van der Waals surface area contributed by atoms with Crippen molar-refractivity contribution in [3.05, 3.63) is 35.9 Å². The van der Waals surface area contributed by atoms with Crippen LogP contribution >= 0.6 is 12.4 Å². The number of nitrogens with zero attached hydrogens (tertiary/aromatic N) is 1. The van der Waals surface area contributed by atoms with Crippen molar-refractivity contribution in [2.24, 2.45) is 11.7 Å². The van der Waals surface area contributed by atoms with E-state index >= 15 is 0 Å². The molecule has 18 heavy (non-hydrogen) atoms. The van der Waals surface area contributed by atoms with Gasteiger partial charge in [-0.3, -0.25) is 4.79 Å². The van der Waals surface area contributed by atoms with Crippen molar-refractivity contribution in [3.8, 4) is 0 Å². The molecule has 1 unspecified atom stereocenters. The minimum absolute atomic E-state index is 0. The first-order valence-electron chi connectivity index (χ1n) is 6.05.